The van der Waals surface area contributed by atoms with Crippen LogP contribution in [-0.2, 0) is 0 Å². The first-order valence-electron chi connectivity index (χ1n) is 3.98. The van der Waals surface area contributed by atoms with Gasteiger partial charge < -0.3 is 10.5 Å². The first-order chi connectivity index (χ1) is 6.81. The number of anilines is 1. The van der Waals surface area contributed by atoms with Gasteiger partial charge >= 0.3 is 0 Å². The van der Waals surface area contributed by atoms with Crippen molar-refractivity contribution in [3.05, 3.63) is 18.2 Å². The van der Waals surface area contributed by atoms with Gasteiger partial charge in [0.25, 0.3) is 0 Å². The number of aromatic amines is 1. The van der Waals surface area contributed by atoms with Gasteiger partial charge in [-0.15, -0.1) is 10.2 Å². The molecule has 72 valence electrons. The molecule has 1 aromatic carbocycles. The minimum Gasteiger partial charge on any atom is -0.496 e. The average molecular weight is 191 g/mol. The molecule has 0 aliphatic heterocycles. The zero-order chi connectivity index (χ0) is 9.97. The monoisotopic (exact) mass is 191 g/mol. The van der Waals surface area contributed by atoms with Crippen molar-refractivity contribution in [1.82, 2.24) is 20.6 Å². The molecular weight excluding hydrogens is 182 g/mol. The molecule has 1 aromatic heterocycles. The molecule has 0 spiro atoms. The molecule has 0 atom stereocenters. The maximum Gasteiger partial charge on any atom is 0.208 e. The first kappa shape index (κ1) is 8.49. The Bertz CT molecular complexity index is 425. The second-order valence-corrected chi connectivity index (χ2v) is 2.70. The molecule has 6 nitrogen and oxygen atoms in total. The topological polar surface area (TPSA) is 89.7 Å². The zero-order valence-electron chi connectivity index (χ0n) is 7.56. The maximum atomic E-state index is 5.61. The molecule has 0 aliphatic carbocycles. The van der Waals surface area contributed by atoms with Gasteiger partial charge in [-0.25, -0.2) is 0 Å². The van der Waals surface area contributed by atoms with Crippen molar-refractivity contribution >= 4 is 5.69 Å². The summed E-state index contributed by atoms with van der Waals surface area (Å²) < 4.78 is 5.15. The van der Waals surface area contributed by atoms with Crippen LogP contribution in [-0.4, -0.2) is 27.7 Å². The maximum absolute atomic E-state index is 5.61. The molecule has 0 saturated heterocycles. The first-order valence-corrected chi connectivity index (χ1v) is 3.98. The van der Waals surface area contributed by atoms with Crippen molar-refractivity contribution in [3.8, 4) is 17.1 Å². The molecule has 0 amide bonds. The van der Waals surface area contributed by atoms with Gasteiger partial charge in [0.2, 0.25) is 5.82 Å². The third-order valence-electron chi connectivity index (χ3n) is 1.81. The Kier molecular flexibility index (Phi) is 2.02. The smallest absolute Gasteiger partial charge is 0.208 e. The number of ether oxygens (including phenoxy) is 1. The van der Waals surface area contributed by atoms with Crippen LogP contribution in [0.1, 0.15) is 0 Å². The molecule has 0 fully saturated rings. The summed E-state index contributed by atoms with van der Waals surface area (Å²) in [6, 6.07) is 5.26. The largest absolute Gasteiger partial charge is 0.496 e. The fourth-order valence-electron chi connectivity index (χ4n) is 1.17. The summed E-state index contributed by atoms with van der Waals surface area (Å²) in [5.41, 5.74) is 7.01. The highest BCUT2D eigenvalue weighted by atomic mass is 16.5. The van der Waals surface area contributed by atoms with Gasteiger partial charge in [-0.3, -0.25) is 0 Å². The van der Waals surface area contributed by atoms with E-state index in [0.29, 0.717) is 17.3 Å². The molecule has 2 rings (SSSR count). The number of hydrogen-bond acceptors (Lipinski definition) is 5. The lowest BCUT2D eigenvalue weighted by atomic mass is 10.2. The second kappa shape index (κ2) is 3.33. The minimum atomic E-state index is 0.488. The zero-order valence-corrected chi connectivity index (χ0v) is 7.56. The normalized spacial score (nSPS) is 10.1. The number of H-pyrrole nitrogens is 1. The number of rotatable bonds is 2. The Morgan fingerprint density at radius 1 is 1.43 bits per heavy atom. The molecule has 0 aliphatic rings. The summed E-state index contributed by atoms with van der Waals surface area (Å²) in [4.78, 5) is 0. The van der Waals surface area contributed by atoms with Crippen LogP contribution in [0.15, 0.2) is 18.2 Å². The van der Waals surface area contributed by atoms with Crippen molar-refractivity contribution in [2.45, 2.75) is 0 Å². The van der Waals surface area contributed by atoms with Crippen LogP contribution >= 0.6 is 0 Å². The van der Waals surface area contributed by atoms with E-state index in [1.807, 2.05) is 0 Å². The van der Waals surface area contributed by atoms with E-state index in [1.165, 1.54) is 0 Å². The predicted octanol–water partition coefficient (Wildman–Crippen LogP) is 0.457. The number of benzene rings is 1. The van der Waals surface area contributed by atoms with Crippen LogP contribution in [0.5, 0.6) is 5.75 Å². The van der Waals surface area contributed by atoms with E-state index >= 15 is 0 Å². The Labute approximate surface area is 80.1 Å². The number of aromatic nitrogens is 4. The molecule has 6 heteroatoms. The van der Waals surface area contributed by atoms with Crippen molar-refractivity contribution in [1.29, 1.82) is 0 Å². The van der Waals surface area contributed by atoms with E-state index in [2.05, 4.69) is 20.6 Å². The van der Waals surface area contributed by atoms with E-state index in [0.717, 1.165) is 5.56 Å². The Morgan fingerprint density at radius 2 is 2.29 bits per heavy atom. The summed E-state index contributed by atoms with van der Waals surface area (Å²) in [7, 11) is 1.57. The summed E-state index contributed by atoms with van der Waals surface area (Å²) in [5.74, 6) is 1.12. The van der Waals surface area contributed by atoms with Gasteiger partial charge in [0.1, 0.15) is 5.75 Å². The van der Waals surface area contributed by atoms with Crippen molar-refractivity contribution in [2.75, 3.05) is 12.8 Å². The summed E-state index contributed by atoms with van der Waals surface area (Å²) in [5, 5.41) is 13.6. The molecule has 0 radical (unpaired) electrons. The SMILES string of the molecule is COc1cc(N)ccc1-c1nn[nH]n1. The minimum absolute atomic E-state index is 0.488. The molecule has 0 unspecified atom stereocenters. The Hall–Kier alpha value is -2.11. The lowest BCUT2D eigenvalue weighted by molar-refractivity contribution is 0.416. The van der Waals surface area contributed by atoms with Gasteiger partial charge in [-0.1, -0.05) is 0 Å². The van der Waals surface area contributed by atoms with Crippen LogP contribution in [0.2, 0.25) is 0 Å². The number of nitrogens with one attached hydrogen (secondary N) is 1. The van der Waals surface area contributed by atoms with E-state index in [9.17, 15) is 0 Å². The molecule has 3 N–H and O–H groups in total. The lowest BCUT2D eigenvalue weighted by Gasteiger charge is -2.05. The van der Waals surface area contributed by atoms with Gasteiger partial charge in [-0.2, -0.15) is 5.21 Å². The summed E-state index contributed by atoms with van der Waals surface area (Å²) >= 11 is 0. The second-order valence-electron chi connectivity index (χ2n) is 2.70. The molecule has 0 saturated carbocycles. The van der Waals surface area contributed by atoms with Crippen LogP contribution in [0.25, 0.3) is 11.4 Å². The quantitative estimate of drug-likeness (QED) is 0.673. The van der Waals surface area contributed by atoms with Crippen LogP contribution in [0.4, 0.5) is 5.69 Å². The number of nitrogen functional groups attached to an aromatic ring is 1. The molecule has 1 heterocycles. The Morgan fingerprint density at radius 3 is 2.93 bits per heavy atom. The van der Waals surface area contributed by atoms with E-state index < -0.39 is 0 Å². The van der Waals surface area contributed by atoms with Crippen molar-refractivity contribution < 1.29 is 4.74 Å². The number of hydrogen-bond donors (Lipinski definition) is 2. The van der Waals surface area contributed by atoms with E-state index in [-0.39, 0.29) is 0 Å². The highest BCUT2D eigenvalue weighted by Gasteiger charge is 2.09. The molecule has 2 aromatic rings. The van der Waals surface area contributed by atoms with Crippen LogP contribution in [0.3, 0.4) is 0 Å². The highest BCUT2D eigenvalue weighted by Crippen LogP contribution is 2.28. The van der Waals surface area contributed by atoms with Gasteiger partial charge in [0.05, 0.1) is 12.7 Å². The Balaban J connectivity index is 2.53. The number of methoxy groups -OCH3 is 1. The number of tetrazole rings is 1. The molecule has 14 heavy (non-hydrogen) atoms. The number of nitrogens with zero attached hydrogens (tertiary/aromatic N) is 3. The van der Waals surface area contributed by atoms with Gasteiger partial charge in [0, 0.05) is 11.8 Å². The van der Waals surface area contributed by atoms with Gasteiger partial charge in [-0.05, 0) is 17.3 Å². The van der Waals surface area contributed by atoms with Crippen LogP contribution < -0.4 is 10.5 Å². The highest BCUT2D eigenvalue weighted by molar-refractivity contribution is 5.67. The fraction of sp³-hybridized carbons (Fsp3) is 0.125. The average Bonchev–Trinajstić information content (AvgIpc) is 2.70. The standard InChI is InChI=1S/C8H9N5O/c1-14-7-4-5(9)2-3-6(7)8-10-12-13-11-8/h2-4H,9H2,1H3,(H,10,11,12,13). The lowest BCUT2D eigenvalue weighted by Crippen LogP contribution is -1.92. The van der Waals surface area contributed by atoms with Gasteiger partial charge in [0.15, 0.2) is 0 Å². The summed E-state index contributed by atoms with van der Waals surface area (Å²) in [6.45, 7) is 0. The van der Waals surface area contributed by atoms with Crippen molar-refractivity contribution in [2.24, 2.45) is 0 Å². The number of nitrogens with two attached hydrogens (primary N) is 1. The van der Waals surface area contributed by atoms with Crippen LogP contribution in [0, 0.1) is 0 Å². The molecular formula is C8H9N5O. The fourth-order valence-corrected chi connectivity index (χ4v) is 1.17. The molecule has 0 bridgehead atoms. The summed E-state index contributed by atoms with van der Waals surface area (Å²) in [6.07, 6.45) is 0. The third kappa shape index (κ3) is 1.37. The predicted molar refractivity (Wildman–Crippen MR) is 50.6 cm³/mol. The van der Waals surface area contributed by atoms with E-state index in [1.54, 1.807) is 25.3 Å². The van der Waals surface area contributed by atoms with Crippen molar-refractivity contribution in [3.63, 3.8) is 0 Å². The van der Waals surface area contributed by atoms with E-state index in [4.69, 9.17) is 10.5 Å². The third-order valence-corrected chi connectivity index (χ3v) is 1.81.